The Morgan fingerprint density at radius 3 is 2.58 bits per heavy atom. The van der Waals surface area contributed by atoms with Crippen molar-refractivity contribution in [1.29, 1.82) is 0 Å². The molecule has 3 atom stereocenters. The average Bonchev–Trinajstić information content (AvgIpc) is 3.31. The number of anilines is 1. The molecule has 1 aromatic carbocycles. The van der Waals surface area contributed by atoms with E-state index in [2.05, 4.69) is 14.8 Å². The van der Waals surface area contributed by atoms with Crippen molar-refractivity contribution in [2.45, 2.75) is 75.6 Å². The number of fused-ring (bicyclic) bond motifs is 2. The second-order valence-electron chi connectivity index (χ2n) is 11.1. The summed E-state index contributed by atoms with van der Waals surface area (Å²) in [6.07, 6.45) is 0.805. The Bertz CT molecular complexity index is 1610. The van der Waals surface area contributed by atoms with Gasteiger partial charge in [-0.25, -0.2) is 9.78 Å². The largest absolute Gasteiger partial charge is 0.573 e. The summed E-state index contributed by atoms with van der Waals surface area (Å²) in [6.45, 7) is 0.206. The SMILES string of the molecule is COC(=O)c1csc(-c2csc(N3[C@@H]4CC[C@H]3C[C@H](OCc3c(-c5ccccc5OC(F)(F)F)noc3C3CC3)C4)n2)c1. The van der Waals surface area contributed by atoms with E-state index >= 15 is 0 Å². The minimum Gasteiger partial charge on any atom is -0.465 e. The number of methoxy groups -OCH3 is 1. The molecule has 3 aliphatic rings. The van der Waals surface area contributed by atoms with Crippen molar-refractivity contribution >= 4 is 33.8 Å². The van der Waals surface area contributed by atoms with Crippen LogP contribution in [0.3, 0.4) is 0 Å². The van der Waals surface area contributed by atoms with Gasteiger partial charge in [0.05, 0.1) is 36.0 Å². The van der Waals surface area contributed by atoms with Crippen LogP contribution in [-0.2, 0) is 16.1 Å². The minimum absolute atomic E-state index is 0.00966. The standard InChI is InChI=1S/C30H28F3N3O5S2/c1-38-28(37)17-10-25(42-14-17)23-15-43-29(34-23)36-18-8-9-19(36)12-20(11-18)39-13-22-26(35-41-27(22)16-6-7-16)21-4-2-3-5-24(21)40-30(31,32)33/h2-5,10,14-16,18-20H,6-9,11-13H2,1H3/t18-,19+,20-. The molecule has 7 rings (SSSR count). The van der Waals surface area contributed by atoms with Crippen LogP contribution in [0.25, 0.3) is 21.8 Å². The van der Waals surface area contributed by atoms with Crippen LogP contribution in [0.1, 0.15) is 66.1 Å². The maximum absolute atomic E-state index is 13.1. The summed E-state index contributed by atoms with van der Waals surface area (Å²) in [5, 5.41) is 8.97. The van der Waals surface area contributed by atoms with E-state index in [1.807, 2.05) is 11.4 Å². The number of carbonyl (C=O) groups excluding carboxylic acids is 1. The highest BCUT2D eigenvalue weighted by atomic mass is 32.1. The maximum Gasteiger partial charge on any atom is 0.573 e. The molecule has 226 valence electrons. The number of nitrogens with zero attached hydrogens (tertiary/aromatic N) is 3. The highest BCUT2D eigenvalue weighted by Crippen LogP contribution is 2.47. The number of benzene rings is 1. The molecule has 0 N–H and O–H groups in total. The number of rotatable bonds is 9. The summed E-state index contributed by atoms with van der Waals surface area (Å²) >= 11 is 3.07. The Kier molecular flexibility index (Phi) is 7.42. The Morgan fingerprint density at radius 1 is 1.09 bits per heavy atom. The van der Waals surface area contributed by atoms with E-state index in [0.29, 0.717) is 22.6 Å². The summed E-state index contributed by atoms with van der Waals surface area (Å²) in [4.78, 5) is 20.1. The molecule has 4 aromatic rings. The highest BCUT2D eigenvalue weighted by molar-refractivity contribution is 7.16. The molecule has 2 bridgehead atoms. The zero-order valence-corrected chi connectivity index (χ0v) is 24.8. The molecule has 8 nitrogen and oxygen atoms in total. The molecule has 0 radical (unpaired) electrons. The van der Waals surface area contributed by atoms with E-state index in [-0.39, 0.29) is 48.0 Å². The van der Waals surface area contributed by atoms with Gasteiger partial charge in [-0.05, 0) is 56.7 Å². The molecule has 2 saturated heterocycles. The van der Waals surface area contributed by atoms with Crippen LogP contribution in [0, 0.1) is 0 Å². The molecule has 5 heterocycles. The van der Waals surface area contributed by atoms with Crippen molar-refractivity contribution in [2.75, 3.05) is 12.0 Å². The fraction of sp³-hybridized carbons (Fsp3) is 0.433. The van der Waals surface area contributed by atoms with Crippen LogP contribution in [0.4, 0.5) is 18.3 Å². The molecule has 3 aromatic heterocycles. The maximum atomic E-state index is 13.1. The fourth-order valence-corrected chi connectivity index (χ4v) is 8.06. The van der Waals surface area contributed by atoms with Crippen LogP contribution in [0.15, 0.2) is 45.6 Å². The van der Waals surface area contributed by atoms with E-state index < -0.39 is 6.36 Å². The summed E-state index contributed by atoms with van der Waals surface area (Å²) in [5.41, 5.74) is 2.63. The van der Waals surface area contributed by atoms with Gasteiger partial charge in [0.25, 0.3) is 0 Å². The number of thiophene rings is 1. The third-order valence-electron chi connectivity index (χ3n) is 8.27. The molecule has 2 aliphatic heterocycles. The molecule has 0 unspecified atom stereocenters. The van der Waals surface area contributed by atoms with Crippen molar-refractivity contribution in [2.24, 2.45) is 0 Å². The first-order valence-corrected chi connectivity index (χ1v) is 15.9. The summed E-state index contributed by atoms with van der Waals surface area (Å²) < 4.78 is 60.7. The fourth-order valence-electron chi connectivity index (χ4n) is 6.18. The minimum atomic E-state index is -4.82. The zero-order chi connectivity index (χ0) is 29.7. The molecular weight excluding hydrogens is 603 g/mol. The Hall–Kier alpha value is -3.42. The normalized spacial score (nSPS) is 21.8. The summed E-state index contributed by atoms with van der Waals surface area (Å²) in [5.74, 6) is 0.223. The summed E-state index contributed by atoms with van der Waals surface area (Å²) in [6, 6.07) is 8.37. The van der Waals surface area contributed by atoms with Gasteiger partial charge in [0.2, 0.25) is 0 Å². The van der Waals surface area contributed by atoms with Gasteiger partial charge < -0.3 is 23.6 Å². The van der Waals surface area contributed by atoms with E-state index in [1.165, 1.54) is 30.6 Å². The van der Waals surface area contributed by atoms with Crippen molar-refractivity contribution in [3.8, 4) is 27.6 Å². The third-order valence-corrected chi connectivity index (χ3v) is 10.1. The number of hydrogen-bond donors (Lipinski definition) is 0. The summed E-state index contributed by atoms with van der Waals surface area (Å²) in [7, 11) is 1.37. The molecular formula is C30H28F3N3O5S2. The lowest BCUT2D eigenvalue weighted by atomic mass is 10.00. The van der Waals surface area contributed by atoms with Crippen LogP contribution in [0.5, 0.6) is 5.75 Å². The first kappa shape index (κ1) is 28.4. The van der Waals surface area contributed by atoms with Crippen LogP contribution < -0.4 is 9.64 Å². The van der Waals surface area contributed by atoms with Gasteiger partial charge in [0.15, 0.2) is 5.13 Å². The van der Waals surface area contributed by atoms with Crippen molar-refractivity contribution in [1.82, 2.24) is 10.1 Å². The molecule has 0 amide bonds. The predicted molar refractivity (Wildman–Crippen MR) is 154 cm³/mol. The number of esters is 1. The third kappa shape index (κ3) is 5.77. The predicted octanol–water partition coefficient (Wildman–Crippen LogP) is 7.81. The topological polar surface area (TPSA) is 86.9 Å². The highest BCUT2D eigenvalue weighted by Gasteiger charge is 2.43. The number of piperidine rings is 1. The van der Waals surface area contributed by atoms with Gasteiger partial charge in [-0.15, -0.1) is 35.8 Å². The second-order valence-corrected chi connectivity index (χ2v) is 12.8. The number of carbonyl (C=O) groups is 1. The number of alkyl halides is 3. The first-order valence-electron chi connectivity index (χ1n) is 14.1. The lowest BCUT2D eigenvalue weighted by Crippen LogP contribution is -2.45. The van der Waals surface area contributed by atoms with Crippen LogP contribution >= 0.6 is 22.7 Å². The number of thiazole rings is 1. The Morgan fingerprint density at radius 2 is 1.86 bits per heavy atom. The molecule has 43 heavy (non-hydrogen) atoms. The van der Waals surface area contributed by atoms with E-state index in [1.54, 1.807) is 28.8 Å². The second kappa shape index (κ2) is 11.3. The lowest BCUT2D eigenvalue weighted by molar-refractivity contribution is -0.274. The van der Waals surface area contributed by atoms with Gasteiger partial charge in [-0.2, -0.15) is 0 Å². The number of aromatic nitrogens is 2. The molecule has 1 saturated carbocycles. The zero-order valence-electron chi connectivity index (χ0n) is 23.1. The van der Waals surface area contributed by atoms with Gasteiger partial charge >= 0.3 is 12.3 Å². The van der Waals surface area contributed by atoms with Gasteiger partial charge in [-0.3, -0.25) is 0 Å². The number of para-hydroxylation sites is 1. The van der Waals surface area contributed by atoms with Crippen molar-refractivity contribution in [3.05, 3.63) is 58.0 Å². The molecule has 3 fully saturated rings. The van der Waals surface area contributed by atoms with Gasteiger partial charge in [0, 0.05) is 39.9 Å². The number of ether oxygens (including phenoxy) is 3. The quantitative estimate of drug-likeness (QED) is 0.173. The van der Waals surface area contributed by atoms with Crippen molar-refractivity contribution in [3.63, 3.8) is 0 Å². The van der Waals surface area contributed by atoms with Crippen LogP contribution in [-0.4, -0.2) is 47.8 Å². The monoisotopic (exact) mass is 631 g/mol. The Balaban J connectivity index is 1.06. The first-order chi connectivity index (χ1) is 20.8. The molecule has 0 spiro atoms. The van der Waals surface area contributed by atoms with Gasteiger partial charge in [0.1, 0.15) is 17.2 Å². The van der Waals surface area contributed by atoms with Crippen molar-refractivity contribution < 1.29 is 36.7 Å². The Labute approximate surface area is 253 Å². The van der Waals surface area contributed by atoms with Crippen LogP contribution in [0.2, 0.25) is 0 Å². The molecule has 1 aliphatic carbocycles. The molecule has 13 heteroatoms. The van der Waals surface area contributed by atoms with E-state index in [0.717, 1.165) is 54.2 Å². The van der Waals surface area contributed by atoms with E-state index in [9.17, 15) is 18.0 Å². The van der Waals surface area contributed by atoms with Gasteiger partial charge in [-0.1, -0.05) is 17.3 Å². The van der Waals surface area contributed by atoms with E-state index in [4.69, 9.17) is 19.0 Å². The lowest BCUT2D eigenvalue weighted by Gasteiger charge is -2.38. The average molecular weight is 632 g/mol. The number of halogens is 3. The smallest absolute Gasteiger partial charge is 0.465 e. The number of hydrogen-bond acceptors (Lipinski definition) is 10.